The summed E-state index contributed by atoms with van der Waals surface area (Å²) in [7, 11) is -3.68. The van der Waals surface area contributed by atoms with E-state index in [0.29, 0.717) is 17.5 Å². The highest BCUT2D eigenvalue weighted by molar-refractivity contribution is 7.89. The van der Waals surface area contributed by atoms with Gasteiger partial charge in [0.15, 0.2) is 0 Å². The number of alkyl halides is 3. The first-order valence-corrected chi connectivity index (χ1v) is 10.1. The van der Waals surface area contributed by atoms with Gasteiger partial charge in [0.05, 0.1) is 10.5 Å². The molecule has 2 aromatic rings. The summed E-state index contributed by atoms with van der Waals surface area (Å²) in [6.45, 7) is 3.77. The molecule has 9 heteroatoms. The lowest BCUT2D eigenvalue weighted by molar-refractivity contribution is -0.137. The van der Waals surface area contributed by atoms with E-state index in [1.807, 2.05) is 0 Å². The Kier molecular flexibility index (Phi) is 6.84. The summed E-state index contributed by atoms with van der Waals surface area (Å²) in [6.07, 6.45) is -4.04. The molecule has 5 nitrogen and oxygen atoms in total. The van der Waals surface area contributed by atoms with E-state index >= 15 is 0 Å². The van der Waals surface area contributed by atoms with Crippen LogP contribution >= 0.6 is 0 Å². The number of hydrogen-bond acceptors (Lipinski definition) is 3. The first-order valence-electron chi connectivity index (χ1n) is 8.59. The lowest BCUT2D eigenvalue weighted by atomic mass is 10.1. The minimum atomic E-state index is -4.39. The summed E-state index contributed by atoms with van der Waals surface area (Å²) < 4.78 is 64.2. The summed E-state index contributed by atoms with van der Waals surface area (Å²) >= 11 is 0. The number of carbonyl (C=O) groups excluding carboxylic acids is 1. The Hall–Kier alpha value is -2.39. The van der Waals surface area contributed by atoms with Crippen LogP contribution in [0, 0.1) is 6.92 Å². The third-order valence-corrected chi connectivity index (χ3v) is 5.62. The molecule has 0 aliphatic carbocycles. The molecule has 0 atom stereocenters. The Morgan fingerprint density at radius 1 is 1.07 bits per heavy atom. The van der Waals surface area contributed by atoms with Crippen molar-refractivity contribution in [1.82, 2.24) is 10.0 Å². The van der Waals surface area contributed by atoms with E-state index in [2.05, 4.69) is 10.0 Å². The van der Waals surface area contributed by atoms with Crippen molar-refractivity contribution in [3.05, 3.63) is 64.7 Å². The molecule has 0 aliphatic rings. The molecule has 0 saturated heterocycles. The van der Waals surface area contributed by atoms with E-state index in [0.717, 1.165) is 12.1 Å². The van der Waals surface area contributed by atoms with Crippen LogP contribution in [0.2, 0.25) is 0 Å². The lowest BCUT2D eigenvalue weighted by Gasteiger charge is -2.11. The molecule has 0 aliphatic heterocycles. The number of hydrogen-bond donors (Lipinski definition) is 2. The largest absolute Gasteiger partial charge is 0.416 e. The number of benzene rings is 2. The van der Waals surface area contributed by atoms with Gasteiger partial charge in [-0.25, -0.2) is 13.1 Å². The zero-order chi connectivity index (χ0) is 20.9. The SMILES string of the molecule is CCNS(=O)(=O)c1ccc(C)c(C(=O)NCCc2ccc(C(F)(F)F)cc2)c1. The van der Waals surface area contributed by atoms with Crippen molar-refractivity contribution in [2.45, 2.75) is 31.3 Å². The van der Waals surface area contributed by atoms with Gasteiger partial charge in [-0.3, -0.25) is 4.79 Å². The van der Waals surface area contributed by atoms with Crippen molar-refractivity contribution >= 4 is 15.9 Å². The fraction of sp³-hybridized carbons (Fsp3) is 0.316. The minimum absolute atomic E-state index is 0.00663. The van der Waals surface area contributed by atoms with Crippen LogP contribution in [-0.2, 0) is 22.6 Å². The van der Waals surface area contributed by atoms with Crippen molar-refractivity contribution in [3.63, 3.8) is 0 Å². The fourth-order valence-corrected chi connectivity index (χ4v) is 3.63. The first-order chi connectivity index (χ1) is 13.0. The van der Waals surface area contributed by atoms with Crippen LogP contribution in [-0.4, -0.2) is 27.4 Å². The quantitative estimate of drug-likeness (QED) is 0.730. The summed E-state index contributed by atoms with van der Waals surface area (Å²) in [5.74, 6) is -0.446. The number of halogens is 3. The summed E-state index contributed by atoms with van der Waals surface area (Å²) in [5.41, 5.74) is 0.761. The lowest BCUT2D eigenvalue weighted by Crippen LogP contribution is -2.27. The van der Waals surface area contributed by atoms with Gasteiger partial charge in [-0.05, 0) is 48.7 Å². The fourth-order valence-electron chi connectivity index (χ4n) is 2.56. The molecule has 0 aromatic heterocycles. The minimum Gasteiger partial charge on any atom is -0.352 e. The molecule has 1 amide bonds. The topological polar surface area (TPSA) is 75.3 Å². The van der Waals surface area contributed by atoms with Gasteiger partial charge in [0, 0.05) is 18.7 Å². The molecule has 2 aromatic carbocycles. The van der Waals surface area contributed by atoms with E-state index in [4.69, 9.17) is 0 Å². The maximum Gasteiger partial charge on any atom is 0.416 e. The van der Waals surface area contributed by atoms with Gasteiger partial charge >= 0.3 is 6.18 Å². The van der Waals surface area contributed by atoms with Crippen molar-refractivity contribution < 1.29 is 26.4 Å². The molecule has 0 spiro atoms. The second kappa shape index (κ2) is 8.74. The maximum absolute atomic E-state index is 12.6. The van der Waals surface area contributed by atoms with Gasteiger partial charge in [0.2, 0.25) is 10.0 Å². The Labute approximate surface area is 162 Å². The summed E-state index contributed by atoms with van der Waals surface area (Å²) in [5, 5.41) is 2.67. The predicted octanol–water partition coefficient (Wildman–Crippen LogP) is 3.28. The Morgan fingerprint density at radius 3 is 2.29 bits per heavy atom. The normalized spacial score (nSPS) is 12.0. The van der Waals surface area contributed by atoms with Gasteiger partial charge in [-0.2, -0.15) is 13.2 Å². The number of carbonyl (C=O) groups is 1. The molecule has 28 heavy (non-hydrogen) atoms. The number of aryl methyl sites for hydroxylation is 1. The third-order valence-electron chi connectivity index (χ3n) is 4.08. The van der Waals surface area contributed by atoms with Gasteiger partial charge in [-0.1, -0.05) is 25.1 Å². The molecule has 0 heterocycles. The van der Waals surface area contributed by atoms with Crippen LogP contribution in [0.1, 0.15) is 34.0 Å². The van der Waals surface area contributed by atoms with Crippen molar-refractivity contribution in [1.29, 1.82) is 0 Å². The van der Waals surface area contributed by atoms with Crippen LogP contribution in [0.5, 0.6) is 0 Å². The van der Waals surface area contributed by atoms with Crippen molar-refractivity contribution in [2.75, 3.05) is 13.1 Å². The van der Waals surface area contributed by atoms with E-state index < -0.39 is 27.7 Å². The highest BCUT2D eigenvalue weighted by Gasteiger charge is 2.29. The molecule has 2 rings (SSSR count). The second-order valence-corrected chi connectivity index (χ2v) is 7.95. The Morgan fingerprint density at radius 2 is 1.71 bits per heavy atom. The first kappa shape index (κ1) is 21.9. The van der Waals surface area contributed by atoms with Crippen LogP contribution in [0.15, 0.2) is 47.4 Å². The Bertz CT molecular complexity index is 940. The average molecular weight is 414 g/mol. The smallest absolute Gasteiger partial charge is 0.352 e. The molecule has 2 N–H and O–H groups in total. The van der Waals surface area contributed by atoms with Crippen LogP contribution in [0.3, 0.4) is 0 Å². The average Bonchev–Trinajstić information content (AvgIpc) is 2.61. The van der Waals surface area contributed by atoms with Crippen molar-refractivity contribution in [3.8, 4) is 0 Å². The van der Waals surface area contributed by atoms with Crippen LogP contribution < -0.4 is 10.0 Å². The molecule has 0 fully saturated rings. The number of amides is 1. The van der Waals surface area contributed by atoms with E-state index in [9.17, 15) is 26.4 Å². The highest BCUT2D eigenvalue weighted by atomic mass is 32.2. The second-order valence-electron chi connectivity index (χ2n) is 6.18. The predicted molar refractivity (Wildman–Crippen MR) is 99.5 cm³/mol. The molecule has 0 bridgehead atoms. The number of sulfonamides is 1. The van der Waals surface area contributed by atoms with Gasteiger partial charge in [0.1, 0.15) is 0 Å². The van der Waals surface area contributed by atoms with Gasteiger partial charge in [-0.15, -0.1) is 0 Å². The molecule has 0 radical (unpaired) electrons. The molecule has 152 valence electrons. The van der Waals surface area contributed by atoms with Crippen LogP contribution in [0.4, 0.5) is 13.2 Å². The highest BCUT2D eigenvalue weighted by Crippen LogP contribution is 2.29. The van der Waals surface area contributed by atoms with Crippen molar-refractivity contribution in [2.24, 2.45) is 0 Å². The van der Waals surface area contributed by atoms with Gasteiger partial charge in [0.25, 0.3) is 5.91 Å². The van der Waals surface area contributed by atoms with E-state index in [-0.39, 0.29) is 23.5 Å². The zero-order valence-corrected chi connectivity index (χ0v) is 16.2. The zero-order valence-electron chi connectivity index (χ0n) is 15.4. The third kappa shape index (κ3) is 5.56. The number of nitrogens with one attached hydrogen (secondary N) is 2. The monoisotopic (exact) mass is 414 g/mol. The standard InChI is InChI=1S/C19H21F3N2O3S/c1-3-24-28(26,27)16-9-4-13(2)17(12-16)18(25)23-11-10-14-5-7-15(8-6-14)19(20,21)22/h4-9,12,24H,3,10-11H2,1-2H3,(H,23,25). The number of rotatable bonds is 7. The maximum atomic E-state index is 12.6. The van der Waals surface area contributed by atoms with Crippen LogP contribution in [0.25, 0.3) is 0 Å². The molecule has 0 saturated carbocycles. The Balaban J connectivity index is 2.03. The molecule has 0 unspecified atom stereocenters. The van der Waals surface area contributed by atoms with E-state index in [1.165, 1.54) is 24.3 Å². The van der Waals surface area contributed by atoms with Gasteiger partial charge < -0.3 is 5.32 Å². The molecular weight excluding hydrogens is 393 g/mol. The summed E-state index contributed by atoms with van der Waals surface area (Å²) in [4.78, 5) is 12.4. The molecular formula is C19H21F3N2O3S. The van der Waals surface area contributed by atoms with E-state index in [1.54, 1.807) is 19.9 Å². The summed E-state index contributed by atoms with van der Waals surface area (Å²) in [6, 6.07) is 9.00.